The molecule has 0 aromatic carbocycles. The van der Waals surface area contributed by atoms with Gasteiger partial charge >= 0.3 is 11.9 Å². The molecular formula is C20H23N3O6. The molecule has 9 nitrogen and oxygen atoms in total. The van der Waals surface area contributed by atoms with Crippen molar-refractivity contribution >= 4 is 17.8 Å². The minimum absolute atomic E-state index is 0.0261. The number of esters is 2. The van der Waals surface area contributed by atoms with Crippen LogP contribution in [0, 0.1) is 5.92 Å². The van der Waals surface area contributed by atoms with E-state index in [2.05, 4.69) is 15.3 Å². The minimum atomic E-state index is -0.811. The number of nitrogens with zero attached hydrogens (tertiary/aromatic N) is 2. The van der Waals surface area contributed by atoms with Crippen molar-refractivity contribution in [3.05, 3.63) is 48.4 Å². The molecule has 1 atom stereocenters. The molecule has 1 unspecified atom stereocenters. The lowest BCUT2D eigenvalue weighted by Gasteiger charge is -2.18. The quantitative estimate of drug-likeness (QED) is 0.635. The zero-order valence-electron chi connectivity index (χ0n) is 16.5. The van der Waals surface area contributed by atoms with Crippen molar-refractivity contribution in [1.29, 1.82) is 0 Å². The van der Waals surface area contributed by atoms with Crippen LogP contribution in [0.1, 0.15) is 30.6 Å². The highest BCUT2D eigenvalue weighted by atomic mass is 16.5. The monoisotopic (exact) mass is 401 g/mol. The summed E-state index contributed by atoms with van der Waals surface area (Å²) in [6.07, 6.45) is 4.92. The third-order valence-corrected chi connectivity index (χ3v) is 3.70. The van der Waals surface area contributed by atoms with Crippen LogP contribution in [0.3, 0.4) is 0 Å². The zero-order chi connectivity index (χ0) is 21.2. The topological polar surface area (TPSA) is 117 Å². The molecule has 1 N–H and O–H groups in total. The van der Waals surface area contributed by atoms with Crippen LogP contribution in [0.15, 0.2) is 42.9 Å². The van der Waals surface area contributed by atoms with Crippen LogP contribution in [0.25, 0.3) is 0 Å². The van der Waals surface area contributed by atoms with Gasteiger partial charge in [0.25, 0.3) is 5.91 Å². The van der Waals surface area contributed by atoms with E-state index in [9.17, 15) is 14.4 Å². The molecule has 1 amide bonds. The first-order valence-electron chi connectivity index (χ1n) is 8.98. The molecule has 2 aromatic rings. The third-order valence-electron chi connectivity index (χ3n) is 3.70. The van der Waals surface area contributed by atoms with E-state index in [1.807, 2.05) is 13.8 Å². The highest BCUT2D eigenvalue weighted by Crippen LogP contribution is 2.22. The predicted molar refractivity (Wildman–Crippen MR) is 102 cm³/mol. The first-order valence-corrected chi connectivity index (χ1v) is 8.98. The number of amides is 1. The van der Waals surface area contributed by atoms with Gasteiger partial charge in [-0.15, -0.1) is 0 Å². The Balaban J connectivity index is 1.98. The molecule has 0 spiro atoms. The Hall–Kier alpha value is -3.49. The van der Waals surface area contributed by atoms with Crippen LogP contribution >= 0.6 is 0 Å². The normalized spacial score (nSPS) is 11.4. The number of hydrogen-bond donors (Lipinski definition) is 1. The molecular weight excluding hydrogens is 378 g/mol. The SMILES string of the molecule is COC(=O)C(CC(C)C)NC(=O)COC(=O)c1cccnc1Oc1cccnc1. The Morgan fingerprint density at radius 2 is 1.90 bits per heavy atom. The highest BCUT2D eigenvalue weighted by Gasteiger charge is 2.24. The van der Waals surface area contributed by atoms with Gasteiger partial charge < -0.3 is 19.5 Å². The molecule has 29 heavy (non-hydrogen) atoms. The summed E-state index contributed by atoms with van der Waals surface area (Å²) in [5, 5.41) is 2.51. The fourth-order valence-electron chi connectivity index (χ4n) is 2.42. The maximum atomic E-state index is 12.4. The van der Waals surface area contributed by atoms with Gasteiger partial charge in [-0.25, -0.2) is 14.6 Å². The molecule has 2 heterocycles. The highest BCUT2D eigenvalue weighted by molar-refractivity contribution is 5.94. The number of pyridine rings is 2. The Labute approximate surface area is 168 Å². The van der Waals surface area contributed by atoms with E-state index in [0.717, 1.165) is 0 Å². The fourth-order valence-corrected chi connectivity index (χ4v) is 2.42. The largest absolute Gasteiger partial charge is 0.467 e. The van der Waals surface area contributed by atoms with Crippen LogP contribution in [0.4, 0.5) is 0 Å². The number of nitrogens with one attached hydrogen (secondary N) is 1. The standard InChI is InChI=1S/C20H23N3O6/c1-13(2)10-16(20(26)27-3)23-17(24)12-28-19(25)15-7-5-9-22-18(15)29-14-6-4-8-21-11-14/h4-9,11,13,16H,10,12H2,1-3H3,(H,23,24). The van der Waals surface area contributed by atoms with Crippen molar-refractivity contribution in [1.82, 2.24) is 15.3 Å². The molecule has 0 fully saturated rings. The van der Waals surface area contributed by atoms with Gasteiger partial charge in [0, 0.05) is 12.4 Å². The first kappa shape index (κ1) is 21.8. The van der Waals surface area contributed by atoms with Crippen molar-refractivity contribution in [3.8, 4) is 11.6 Å². The second-order valence-electron chi connectivity index (χ2n) is 6.50. The van der Waals surface area contributed by atoms with Gasteiger partial charge in [-0.3, -0.25) is 9.78 Å². The molecule has 2 rings (SSSR count). The molecule has 2 aromatic heterocycles. The average molecular weight is 401 g/mol. The van der Waals surface area contributed by atoms with Crippen LogP contribution in [0.5, 0.6) is 11.6 Å². The van der Waals surface area contributed by atoms with Crippen molar-refractivity contribution < 1.29 is 28.6 Å². The van der Waals surface area contributed by atoms with Gasteiger partial charge in [-0.2, -0.15) is 0 Å². The van der Waals surface area contributed by atoms with E-state index >= 15 is 0 Å². The van der Waals surface area contributed by atoms with E-state index < -0.39 is 30.5 Å². The zero-order valence-corrected chi connectivity index (χ0v) is 16.5. The van der Waals surface area contributed by atoms with Crippen molar-refractivity contribution in [2.24, 2.45) is 5.92 Å². The molecule has 0 radical (unpaired) electrons. The van der Waals surface area contributed by atoms with E-state index in [1.165, 1.54) is 25.6 Å². The fraction of sp³-hybridized carbons (Fsp3) is 0.350. The summed E-state index contributed by atoms with van der Waals surface area (Å²) in [5.41, 5.74) is 0.0517. The Bertz CT molecular complexity index is 841. The molecule has 0 saturated carbocycles. The average Bonchev–Trinajstić information content (AvgIpc) is 2.71. The van der Waals surface area contributed by atoms with Gasteiger partial charge in [-0.1, -0.05) is 13.8 Å². The van der Waals surface area contributed by atoms with Gasteiger partial charge in [0.2, 0.25) is 5.88 Å². The van der Waals surface area contributed by atoms with Crippen molar-refractivity contribution in [3.63, 3.8) is 0 Å². The number of methoxy groups -OCH3 is 1. The number of rotatable bonds is 9. The second kappa shape index (κ2) is 10.7. The number of aromatic nitrogens is 2. The van der Waals surface area contributed by atoms with E-state index in [0.29, 0.717) is 12.2 Å². The number of carbonyl (C=O) groups is 3. The molecule has 0 aliphatic carbocycles. The van der Waals surface area contributed by atoms with Crippen LogP contribution in [0.2, 0.25) is 0 Å². The van der Waals surface area contributed by atoms with Crippen LogP contribution in [-0.4, -0.2) is 47.6 Å². The molecule has 0 aliphatic heterocycles. The Kier molecular flexibility index (Phi) is 8.08. The summed E-state index contributed by atoms with van der Waals surface area (Å²) < 4.78 is 15.3. The van der Waals surface area contributed by atoms with Crippen molar-refractivity contribution in [2.75, 3.05) is 13.7 Å². The van der Waals surface area contributed by atoms with Crippen LogP contribution in [-0.2, 0) is 19.1 Å². The maximum Gasteiger partial charge on any atom is 0.344 e. The van der Waals surface area contributed by atoms with Crippen molar-refractivity contribution in [2.45, 2.75) is 26.3 Å². The minimum Gasteiger partial charge on any atom is -0.467 e. The lowest BCUT2D eigenvalue weighted by atomic mass is 10.0. The number of ether oxygens (including phenoxy) is 3. The number of carbonyl (C=O) groups excluding carboxylic acids is 3. The lowest BCUT2D eigenvalue weighted by Crippen LogP contribution is -2.44. The Morgan fingerprint density at radius 1 is 1.14 bits per heavy atom. The van der Waals surface area contributed by atoms with E-state index in [1.54, 1.807) is 24.4 Å². The van der Waals surface area contributed by atoms with Gasteiger partial charge in [0.15, 0.2) is 6.61 Å². The molecule has 0 saturated heterocycles. The summed E-state index contributed by atoms with van der Waals surface area (Å²) in [4.78, 5) is 44.2. The van der Waals surface area contributed by atoms with Crippen LogP contribution < -0.4 is 10.1 Å². The molecule has 154 valence electrons. The summed E-state index contributed by atoms with van der Waals surface area (Å²) in [7, 11) is 1.24. The van der Waals surface area contributed by atoms with Gasteiger partial charge in [0.05, 0.1) is 13.3 Å². The summed E-state index contributed by atoms with van der Waals surface area (Å²) >= 11 is 0. The maximum absolute atomic E-state index is 12.4. The summed E-state index contributed by atoms with van der Waals surface area (Å²) in [6, 6.07) is 5.54. The predicted octanol–water partition coefficient (Wildman–Crippen LogP) is 2.13. The molecule has 9 heteroatoms. The summed E-state index contributed by atoms with van der Waals surface area (Å²) in [5.74, 6) is -1.38. The third kappa shape index (κ3) is 6.87. The van der Waals surface area contributed by atoms with Gasteiger partial charge in [-0.05, 0) is 36.6 Å². The van der Waals surface area contributed by atoms with E-state index in [-0.39, 0.29) is 17.4 Å². The first-order chi connectivity index (χ1) is 13.9. The molecule has 0 bridgehead atoms. The van der Waals surface area contributed by atoms with E-state index in [4.69, 9.17) is 14.2 Å². The molecule has 0 aliphatic rings. The lowest BCUT2D eigenvalue weighted by molar-refractivity contribution is -0.145. The van der Waals surface area contributed by atoms with Gasteiger partial charge in [0.1, 0.15) is 17.4 Å². The number of hydrogen-bond acceptors (Lipinski definition) is 8. The second-order valence-corrected chi connectivity index (χ2v) is 6.50. The summed E-state index contributed by atoms with van der Waals surface area (Å²) in [6.45, 7) is 3.26. The smallest absolute Gasteiger partial charge is 0.344 e. The Morgan fingerprint density at radius 3 is 2.55 bits per heavy atom.